The molecule has 4 heterocycles. The van der Waals surface area contributed by atoms with Gasteiger partial charge < -0.3 is 14.6 Å². The second-order valence-corrected chi connectivity index (χ2v) is 10.2. The SMILES string of the molecule is CN(c1nnc(-c2ccc(-n3ccnc3)cc2O)s1)C1C[C@]2(C)CC[C@](C)(C1)N2C. The van der Waals surface area contributed by atoms with E-state index in [4.69, 9.17) is 0 Å². The third-order valence-corrected chi connectivity index (χ3v) is 8.50. The Labute approximate surface area is 181 Å². The molecule has 3 atom stereocenters. The average molecular weight is 425 g/mol. The van der Waals surface area contributed by atoms with Gasteiger partial charge in [-0.15, -0.1) is 10.2 Å². The largest absolute Gasteiger partial charge is 0.507 e. The second-order valence-electron chi connectivity index (χ2n) is 9.29. The summed E-state index contributed by atoms with van der Waals surface area (Å²) in [6.45, 7) is 4.78. The number of imidazole rings is 1. The first-order valence-corrected chi connectivity index (χ1v) is 11.2. The van der Waals surface area contributed by atoms with Crippen molar-refractivity contribution < 1.29 is 5.11 Å². The van der Waals surface area contributed by atoms with Gasteiger partial charge in [-0.2, -0.15) is 0 Å². The summed E-state index contributed by atoms with van der Waals surface area (Å²) in [4.78, 5) is 8.95. The molecule has 2 aromatic heterocycles. The number of fused-ring (bicyclic) bond motifs is 2. The number of phenols is 1. The highest BCUT2D eigenvalue weighted by atomic mass is 32.1. The van der Waals surface area contributed by atoms with Crippen LogP contribution in [0.5, 0.6) is 5.75 Å². The van der Waals surface area contributed by atoms with Crippen LogP contribution in [-0.4, -0.2) is 61.0 Å². The predicted octanol–water partition coefficient (Wildman–Crippen LogP) is 3.94. The van der Waals surface area contributed by atoms with Crippen molar-refractivity contribution in [3.05, 3.63) is 36.9 Å². The molecule has 1 N–H and O–H groups in total. The third kappa shape index (κ3) is 3.01. The van der Waals surface area contributed by atoms with Crippen LogP contribution >= 0.6 is 11.3 Å². The molecule has 2 aliphatic rings. The highest BCUT2D eigenvalue weighted by Crippen LogP contribution is 2.50. The van der Waals surface area contributed by atoms with Crippen molar-refractivity contribution in [3.63, 3.8) is 0 Å². The molecule has 2 aliphatic heterocycles. The number of benzene rings is 1. The third-order valence-electron chi connectivity index (χ3n) is 7.45. The highest BCUT2D eigenvalue weighted by molar-refractivity contribution is 7.18. The van der Waals surface area contributed by atoms with E-state index in [0.717, 1.165) is 28.7 Å². The van der Waals surface area contributed by atoms with Crippen molar-refractivity contribution >= 4 is 16.5 Å². The monoisotopic (exact) mass is 424 g/mol. The molecule has 0 amide bonds. The molecule has 2 fully saturated rings. The van der Waals surface area contributed by atoms with E-state index in [9.17, 15) is 5.11 Å². The van der Waals surface area contributed by atoms with Crippen molar-refractivity contribution in [1.82, 2.24) is 24.6 Å². The van der Waals surface area contributed by atoms with Crippen LogP contribution < -0.4 is 4.90 Å². The minimum Gasteiger partial charge on any atom is -0.507 e. The number of rotatable bonds is 4. The van der Waals surface area contributed by atoms with E-state index in [1.54, 1.807) is 18.6 Å². The summed E-state index contributed by atoms with van der Waals surface area (Å²) < 4.78 is 1.86. The van der Waals surface area contributed by atoms with Crippen LogP contribution in [0.25, 0.3) is 16.3 Å². The number of aromatic nitrogens is 4. The maximum absolute atomic E-state index is 10.6. The van der Waals surface area contributed by atoms with Gasteiger partial charge in [-0.05, 0) is 58.7 Å². The van der Waals surface area contributed by atoms with E-state index in [2.05, 4.69) is 52.9 Å². The standard InChI is InChI=1S/C22H28N6OS/c1-21-7-8-22(2,27(21)4)13-16(12-21)26(3)20-25-24-19(30-20)17-6-5-15(11-18(17)29)28-10-9-23-14-28/h5-6,9-11,14,16,29H,7-8,12-13H2,1-4H3/t16?,21-,22+. The first kappa shape index (κ1) is 19.5. The molecule has 1 aromatic carbocycles. The average Bonchev–Trinajstić information content (AvgIpc) is 3.44. The lowest BCUT2D eigenvalue weighted by atomic mass is 9.82. The minimum atomic E-state index is 0.198. The van der Waals surface area contributed by atoms with Crippen molar-refractivity contribution in [2.75, 3.05) is 19.0 Å². The van der Waals surface area contributed by atoms with Crippen LogP contribution in [-0.2, 0) is 0 Å². The van der Waals surface area contributed by atoms with Crippen LogP contribution in [0.1, 0.15) is 39.5 Å². The molecule has 30 heavy (non-hydrogen) atoms. The number of hydrogen-bond acceptors (Lipinski definition) is 7. The van der Waals surface area contributed by atoms with Crippen molar-refractivity contribution in [2.24, 2.45) is 0 Å². The number of anilines is 1. The van der Waals surface area contributed by atoms with Crippen LogP contribution in [0.15, 0.2) is 36.9 Å². The van der Waals surface area contributed by atoms with E-state index in [1.165, 1.54) is 24.2 Å². The molecule has 2 saturated heterocycles. The summed E-state index contributed by atoms with van der Waals surface area (Å²) in [5.74, 6) is 0.198. The number of phenolic OH excluding ortho intramolecular Hbond substituents is 1. The summed E-state index contributed by atoms with van der Waals surface area (Å²) >= 11 is 1.54. The molecule has 0 aliphatic carbocycles. The van der Waals surface area contributed by atoms with Crippen LogP contribution in [0.4, 0.5) is 5.13 Å². The number of nitrogens with zero attached hydrogens (tertiary/aromatic N) is 6. The molecular formula is C22H28N6OS. The Hall–Kier alpha value is -2.45. The maximum atomic E-state index is 10.6. The summed E-state index contributed by atoms with van der Waals surface area (Å²) in [5.41, 5.74) is 2.07. The van der Waals surface area contributed by atoms with E-state index in [-0.39, 0.29) is 16.8 Å². The maximum Gasteiger partial charge on any atom is 0.208 e. The van der Waals surface area contributed by atoms with Crippen molar-refractivity contribution in [1.29, 1.82) is 0 Å². The Balaban J connectivity index is 1.38. The summed E-state index contributed by atoms with van der Waals surface area (Å²) in [5, 5.41) is 21.1. The van der Waals surface area contributed by atoms with E-state index < -0.39 is 0 Å². The van der Waals surface area contributed by atoms with Crippen molar-refractivity contribution in [2.45, 2.75) is 56.7 Å². The van der Waals surface area contributed by atoms with Crippen LogP contribution in [0.3, 0.4) is 0 Å². The molecule has 2 bridgehead atoms. The van der Waals surface area contributed by atoms with Gasteiger partial charge in [0, 0.05) is 42.6 Å². The lowest BCUT2D eigenvalue weighted by molar-refractivity contribution is 0.0274. The van der Waals surface area contributed by atoms with Gasteiger partial charge in [0.25, 0.3) is 0 Å². The number of hydrogen-bond donors (Lipinski definition) is 1. The van der Waals surface area contributed by atoms with E-state index in [0.29, 0.717) is 11.6 Å². The summed E-state index contributed by atoms with van der Waals surface area (Å²) in [6.07, 6.45) is 10.1. The Bertz CT molecular complexity index is 1050. The Kier molecular flexibility index (Phi) is 4.41. The lowest BCUT2D eigenvalue weighted by Gasteiger charge is -2.51. The molecule has 0 saturated carbocycles. The fraction of sp³-hybridized carbons (Fsp3) is 0.500. The minimum absolute atomic E-state index is 0.198. The zero-order chi connectivity index (χ0) is 21.1. The van der Waals surface area contributed by atoms with Gasteiger partial charge in [-0.3, -0.25) is 4.90 Å². The highest BCUT2D eigenvalue weighted by Gasteiger charge is 2.54. The van der Waals surface area contributed by atoms with Crippen LogP contribution in [0, 0.1) is 0 Å². The molecule has 1 unspecified atom stereocenters. The quantitative estimate of drug-likeness (QED) is 0.684. The van der Waals surface area contributed by atoms with Gasteiger partial charge in [0.1, 0.15) is 5.75 Å². The molecule has 8 heteroatoms. The Morgan fingerprint density at radius 2 is 1.90 bits per heavy atom. The fourth-order valence-electron chi connectivity index (χ4n) is 5.26. The molecule has 3 aromatic rings. The molecular weight excluding hydrogens is 396 g/mol. The second kappa shape index (κ2) is 6.78. The topological polar surface area (TPSA) is 70.3 Å². The smallest absolute Gasteiger partial charge is 0.208 e. The first-order chi connectivity index (χ1) is 14.3. The van der Waals surface area contributed by atoms with Crippen LogP contribution in [0.2, 0.25) is 0 Å². The molecule has 5 rings (SSSR count). The number of aromatic hydroxyl groups is 1. The van der Waals surface area contributed by atoms with Gasteiger partial charge in [0.15, 0.2) is 5.01 Å². The molecule has 158 valence electrons. The van der Waals surface area contributed by atoms with Crippen molar-refractivity contribution in [3.8, 4) is 22.0 Å². The number of piperidine rings is 1. The summed E-state index contributed by atoms with van der Waals surface area (Å²) in [7, 11) is 4.41. The Morgan fingerprint density at radius 1 is 1.17 bits per heavy atom. The normalized spacial score (nSPS) is 28.7. The first-order valence-electron chi connectivity index (χ1n) is 10.4. The van der Waals surface area contributed by atoms with Gasteiger partial charge in [-0.25, -0.2) is 4.98 Å². The predicted molar refractivity (Wildman–Crippen MR) is 119 cm³/mol. The fourth-order valence-corrected chi connectivity index (χ4v) is 6.17. The van der Waals surface area contributed by atoms with E-state index in [1.807, 2.05) is 22.9 Å². The van der Waals surface area contributed by atoms with Gasteiger partial charge in [0.2, 0.25) is 5.13 Å². The summed E-state index contributed by atoms with van der Waals surface area (Å²) in [6, 6.07) is 6.03. The zero-order valence-corrected chi connectivity index (χ0v) is 18.7. The van der Waals surface area contributed by atoms with Gasteiger partial charge in [-0.1, -0.05) is 11.3 Å². The van der Waals surface area contributed by atoms with Gasteiger partial charge >= 0.3 is 0 Å². The molecule has 0 radical (unpaired) electrons. The van der Waals surface area contributed by atoms with Gasteiger partial charge in [0.05, 0.1) is 17.6 Å². The zero-order valence-electron chi connectivity index (χ0n) is 17.9. The Morgan fingerprint density at radius 3 is 2.53 bits per heavy atom. The molecule has 0 spiro atoms. The van der Waals surface area contributed by atoms with E-state index >= 15 is 0 Å². The lowest BCUT2D eigenvalue weighted by Crippen LogP contribution is -2.59. The molecule has 7 nitrogen and oxygen atoms in total.